The summed E-state index contributed by atoms with van der Waals surface area (Å²) in [5.74, 6) is 1.28. The average Bonchev–Trinajstić information content (AvgIpc) is 2.28. The number of nitrogens with one attached hydrogen (secondary N) is 1. The van der Waals surface area contributed by atoms with Crippen molar-refractivity contribution in [3.63, 3.8) is 0 Å². The topological polar surface area (TPSA) is 62.2 Å². The largest absolute Gasteiger partial charge is 0.390 e. The Bertz CT molecular complexity index is 349. The summed E-state index contributed by atoms with van der Waals surface area (Å²) < 4.78 is 0. The maximum absolute atomic E-state index is 11.6. The molecule has 17 heavy (non-hydrogen) atoms. The van der Waals surface area contributed by atoms with Crippen molar-refractivity contribution in [1.82, 2.24) is 10.3 Å². The van der Waals surface area contributed by atoms with Gasteiger partial charge in [0.2, 0.25) is 0 Å². The molecule has 1 amide bonds. The molecule has 0 aliphatic heterocycles. The van der Waals surface area contributed by atoms with Crippen molar-refractivity contribution in [2.24, 2.45) is 0 Å². The molecule has 0 bridgehead atoms. The Balaban J connectivity index is 2.18. The normalized spacial score (nSPS) is 11.2. The minimum absolute atomic E-state index is 0.158. The number of amides is 1. The molecular formula is C12H18N2O2S. The van der Waals surface area contributed by atoms with E-state index in [1.807, 2.05) is 0 Å². The first-order chi connectivity index (χ1) is 7.99. The van der Waals surface area contributed by atoms with Crippen LogP contribution in [-0.2, 0) is 0 Å². The second kappa shape index (κ2) is 6.61. The molecule has 1 rings (SSSR count). The summed E-state index contributed by atoms with van der Waals surface area (Å²) in [6, 6.07) is 5.24. The number of carbonyl (C=O) groups is 1. The number of thioether (sulfide) groups is 1. The lowest BCUT2D eigenvalue weighted by molar-refractivity contribution is 0.0951. The molecule has 94 valence electrons. The first-order valence-electron chi connectivity index (χ1n) is 5.48. The number of hydrogen-bond donors (Lipinski definition) is 2. The standard InChI is InChI=1S/C12H18N2O2S/c1-12(2,16)9-17-8-7-14-11(15)10-5-3-4-6-13-10/h3-6,16H,7-9H2,1-2H3,(H,14,15). The molecular weight excluding hydrogens is 236 g/mol. The van der Waals surface area contributed by atoms with E-state index in [2.05, 4.69) is 10.3 Å². The Kier molecular flexibility index (Phi) is 5.44. The Morgan fingerprint density at radius 1 is 1.53 bits per heavy atom. The van der Waals surface area contributed by atoms with Gasteiger partial charge in [0.15, 0.2) is 0 Å². The van der Waals surface area contributed by atoms with Crippen LogP contribution < -0.4 is 5.32 Å². The zero-order valence-corrected chi connectivity index (χ0v) is 11.0. The van der Waals surface area contributed by atoms with Gasteiger partial charge in [-0.15, -0.1) is 0 Å². The molecule has 0 spiro atoms. The molecule has 4 nitrogen and oxygen atoms in total. The zero-order chi connectivity index (χ0) is 12.7. The van der Waals surface area contributed by atoms with E-state index in [1.54, 1.807) is 50.0 Å². The van der Waals surface area contributed by atoms with Gasteiger partial charge < -0.3 is 10.4 Å². The van der Waals surface area contributed by atoms with Gasteiger partial charge >= 0.3 is 0 Å². The second-order valence-electron chi connectivity index (χ2n) is 4.34. The highest BCUT2D eigenvalue weighted by Crippen LogP contribution is 2.10. The van der Waals surface area contributed by atoms with Crippen molar-refractivity contribution in [3.8, 4) is 0 Å². The highest BCUT2D eigenvalue weighted by atomic mass is 32.2. The van der Waals surface area contributed by atoms with Gasteiger partial charge in [0.05, 0.1) is 5.60 Å². The van der Waals surface area contributed by atoms with Gasteiger partial charge in [-0.25, -0.2) is 0 Å². The number of carbonyl (C=O) groups excluding carboxylic acids is 1. The highest BCUT2D eigenvalue weighted by Gasteiger charge is 2.11. The zero-order valence-electron chi connectivity index (χ0n) is 10.1. The number of hydrogen-bond acceptors (Lipinski definition) is 4. The third-order valence-corrected chi connectivity index (χ3v) is 3.29. The molecule has 0 radical (unpaired) electrons. The molecule has 0 unspecified atom stereocenters. The van der Waals surface area contributed by atoms with Crippen LogP contribution in [0.15, 0.2) is 24.4 Å². The van der Waals surface area contributed by atoms with Gasteiger partial charge in [-0.1, -0.05) is 6.07 Å². The number of pyridine rings is 1. The molecule has 0 saturated heterocycles. The van der Waals surface area contributed by atoms with E-state index in [4.69, 9.17) is 0 Å². The van der Waals surface area contributed by atoms with Crippen molar-refractivity contribution in [3.05, 3.63) is 30.1 Å². The number of nitrogens with zero attached hydrogens (tertiary/aromatic N) is 1. The first kappa shape index (κ1) is 14.0. The van der Waals surface area contributed by atoms with Crippen LogP contribution in [-0.4, -0.2) is 39.6 Å². The molecule has 0 aliphatic rings. The smallest absolute Gasteiger partial charge is 0.269 e. The van der Waals surface area contributed by atoms with Crippen LogP contribution in [0.3, 0.4) is 0 Å². The van der Waals surface area contributed by atoms with Crippen LogP contribution in [0.1, 0.15) is 24.3 Å². The summed E-state index contributed by atoms with van der Waals surface area (Å²) in [7, 11) is 0. The molecule has 2 N–H and O–H groups in total. The lowest BCUT2D eigenvalue weighted by Crippen LogP contribution is -2.28. The molecule has 1 aromatic rings. The third-order valence-electron chi connectivity index (χ3n) is 1.88. The fraction of sp³-hybridized carbons (Fsp3) is 0.500. The highest BCUT2D eigenvalue weighted by molar-refractivity contribution is 7.99. The molecule has 0 fully saturated rings. The van der Waals surface area contributed by atoms with Crippen LogP contribution in [0, 0.1) is 0 Å². The van der Waals surface area contributed by atoms with Crippen LogP contribution in [0.5, 0.6) is 0 Å². The summed E-state index contributed by atoms with van der Waals surface area (Å²) in [6.45, 7) is 4.12. The molecule has 0 saturated carbocycles. The molecule has 0 aromatic carbocycles. The summed E-state index contributed by atoms with van der Waals surface area (Å²) in [4.78, 5) is 15.5. The minimum Gasteiger partial charge on any atom is -0.390 e. The Morgan fingerprint density at radius 3 is 2.88 bits per heavy atom. The van der Waals surface area contributed by atoms with E-state index < -0.39 is 5.60 Å². The first-order valence-corrected chi connectivity index (χ1v) is 6.64. The van der Waals surface area contributed by atoms with Crippen LogP contribution >= 0.6 is 11.8 Å². The van der Waals surface area contributed by atoms with Crippen molar-refractivity contribution < 1.29 is 9.90 Å². The number of rotatable bonds is 6. The lowest BCUT2D eigenvalue weighted by atomic mass is 10.2. The average molecular weight is 254 g/mol. The van der Waals surface area contributed by atoms with Crippen LogP contribution in [0.4, 0.5) is 0 Å². The fourth-order valence-corrected chi connectivity index (χ4v) is 2.04. The second-order valence-corrected chi connectivity index (χ2v) is 5.44. The van der Waals surface area contributed by atoms with Gasteiger partial charge in [0.1, 0.15) is 5.69 Å². The minimum atomic E-state index is -0.657. The quantitative estimate of drug-likeness (QED) is 0.752. The Labute approximate surface area is 106 Å². The Morgan fingerprint density at radius 2 is 2.29 bits per heavy atom. The van der Waals surface area contributed by atoms with Crippen LogP contribution in [0.2, 0.25) is 0 Å². The summed E-state index contributed by atoms with van der Waals surface area (Å²) in [5, 5.41) is 12.3. The van der Waals surface area contributed by atoms with E-state index in [0.29, 0.717) is 18.0 Å². The van der Waals surface area contributed by atoms with E-state index in [1.165, 1.54) is 0 Å². The molecule has 1 aromatic heterocycles. The third kappa shape index (κ3) is 6.28. The summed E-state index contributed by atoms with van der Waals surface area (Å²) in [5.41, 5.74) is -0.227. The monoisotopic (exact) mass is 254 g/mol. The lowest BCUT2D eigenvalue weighted by Gasteiger charge is -2.15. The van der Waals surface area contributed by atoms with Crippen LogP contribution in [0.25, 0.3) is 0 Å². The van der Waals surface area contributed by atoms with Crippen molar-refractivity contribution in [2.75, 3.05) is 18.1 Å². The summed E-state index contributed by atoms with van der Waals surface area (Å²) >= 11 is 1.61. The van der Waals surface area contributed by atoms with Gasteiger partial charge in [0.25, 0.3) is 5.91 Å². The van der Waals surface area contributed by atoms with Gasteiger partial charge in [-0.2, -0.15) is 11.8 Å². The van der Waals surface area contributed by atoms with E-state index in [-0.39, 0.29) is 5.91 Å². The predicted octanol–water partition coefficient (Wildman–Crippen LogP) is 1.32. The SMILES string of the molecule is CC(C)(O)CSCCNC(=O)c1ccccn1. The fourth-order valence-electron chi connectivity index (χ4n) is 1.15. The number of aromatic nitrogens is 1. The van der Waals surface area contributed by atoms with Gasteiger partial charge in [0, 0.05) is 24.2 Å². The van der Waals surface area contributed by atoms with E-state index in [0.717, 1.165) is 5.75 Å². The van der Waals surface area contributed by atoms with Crippen molar-refractivity contribution >= 4 is 17.7 Å². The molecule has 0 aliphatic carbocycles. The Hall–Kier alpha value is -1.07. The predicted molar refractivity (Wildman–Crippen MR) is 70.2 cm³/mol. The van der Waals surface area contributed by atoms with Crippen molar-refractivity contribution in [1.29, 1.82) is 0 Å². The van der Waals surface area contributed by atoms with E-state index in [9.17, 15) is 9.90 Å². The maximum Gasteiger partial charge on any atom is 0.269 e. The summed E-state index contributed by atoms with van der Waals surface area (Å²) in [6.07, 6.45) is 1.60. The van der Waals surface area contributed by atoms with Crippen molar-refractivity contribution in [2.45, 2.75) is 19.4 Å². The van der Waals surface area contributed by atoms with Gasteiger partial charge in [-0.3, -0.25) is 9.78 Å². The van der Waals surface area contributed by atoms with Gasteiger partial charge in [-0.05, 0) is 26.0 Å². The number of aliphatic hydroxyl groups is 1. The maximum atomic E-state index is 11.6. The molecule has 0 atom stereocenters. The molecule has 1 heterocycles. The molecule has 5 heteroatoms. The van der Waals surface area contributed by atoms with E-state index >= 15 is 0 Å².